The summed E-state index contributed by atoms with van der Waals surface area (Å²) in [5.74, 6) is 0.543. The van der Waals surface area contributed by atoms with Gasteiger partial charge in [-0.1, -0.05) is 0 Å². The predicted molar refractivity (Wildman–Crippen MR) is 121 cm³/mol. The maximum atomic E-state index is 9.00. The van der Waals surface area contributed by atoms with Crippen LogP contribution >= 0.6 is 0 Å². The van der Waals surface area contributed by atoms with Gasteiger partial charge in [0.25, 0.3) is 5.97 Å². The molecule has 1 N–H and O–H groups in total. The van der Waals surface area contributed by atoms with E-state index >= 15 is 0 Å². The fraction of sp³-hybridized carbons (Fsp3) is 0.417. The third-order valence-corrected chi connectivity index (χ3v) is 6.47. The molecular formula is C24H30HgNO7. The van der Waals surface area contributed by atoms with Crippen molar-refractivity contribution in [3.63, 3.8) is 0 Å². The number of nitrogens with zero attached hydrogens (tertiary/aromatic N) is 1. The molecule has 33 heavy (non-hydrogen) atoms. The van der Waals surface area contributed by atoms with Crippen molar-refractivity contribution in [3.8, 4) is 11.5 Å². The first-order chi connectivity index (χ1) is 16.0. The fourth-order valence-corrected chi connectivity index (χ4v) is 4.85. The van der Waals surface area contributed by atoms with Crippen molar-refractivity contribution < 1.29 is 59.7 Å². The zero-order valence-corrected chi connectivity index (χ0v) is 24.7. The number of aliphatic carboxylic acids is 1. The Kier molecular flexibility index (Phi) is 13.0. The number of ether oxygens (including phenoxy) is 5. The number of aliphatic imine (C=N–C) groups is 1. The maximum absolute atomic E-state index is 9.00. The second kappa shape index (κ2) is 15.8. The molecule has 0 amide bonds. The molecule has 1 aliphatic rings. The molecule has 2 aromatic rings. The van der Waals surface area contributed by atoms with E-state index in [0.29, 0.717) is 90.5 Å². The van der Waals surface area contributed by atoms with Crippen LogP contribution in [0.4, 0.5) is 5.69 Å². The summed E-state index contributed by atoms with van der Waals surface area (Å²) in [5, 5.41) is 7.42. The molecule has 3 rings (SSSR count). The van der Waals surface area contributed by atoms with E-state index in [2.05, 4.69) is 30.1 Å². The van der Waals surface area contributed by atoms with Gasteiger partial charge in [0.05, 0.1) is 19.8 Å². The van der Waals surface area contributed by atoms with Gasteiger partial charge in [-0.3, -0.25) is 4.79 Å². The number of carboxylic acid groups (broad SMARTS) is 1. The van der Waals surface area contributed by atoms with Gasteiger partial charge in [-0.25, -0.2) is 0 Å². The number of hydrogen-bond donors (Lipinski definition) is 1. The van der Waals surface area contributed by atoms with Crippen molar-refractivity contribution in [1.29, 1.82) is 0 Å². The molecule has 0 spiro atoms. The van der Waals surface area contributed by atoms with Gasteiger partial charge in [-0.05, 0) is 0 Å². The summed E-state index contributed by atoms with van der Waals surface area (Å²) in [6.45, 7) is 7.28. The minimum absolute atomic E-state index is 0.443. The first-order valence-electron chi connectivity index (χ1n) is 10.7. The van der Waals surface area contributed by atoms with Crippen LogP contribution in [0, 0.1) is 6.92 Å². The van der Waals surface area contributed by atoms with Gasteiger partial charge in [0.1, 0.15) is 0 Å². The molecule has 0 aromatic heterocycles. The summed E-state index contributed by atoms with van der Waals surface area (Å²) < 4.78 is 29.6. The zero-order valence-electron chi connectivity index (χ0n) is 19.2. The van der Waals surface area contributed by atoms with Crippen molar-refractivity contribution in [2.24, 2.45) is 4.99 Å². The van der Waals surface area contributed by atoms with Gasteiger partial charge in [0, 0.05) is 6.92 Å². The predicted octanol–water partition coefficient (Wildman–Crippen LogP) is 2.83. The van der Waals surface area contributed by atoms with E-state index in [9.17, 15) is 0 Å². The molecule has 8 nitrogen and oxygen atoms in total. The summed E-state index contributed by atoms with van der Waals surface area (Å²) in [5.41, 5.74) is 3.28. The molecule has 0 aliphatic carbocycles. The molecule has 2 aromatic carbocycles. The SMILES string of the molecule is CC(=O)O.Cc1ccc(N=Cc2ccc3c(c2)OCCOCCOCCOCCO3)[c]([Hg])c1. The summed E-state index contributed by atoms with van der Waals surface area (Å²) in [7, 11) is 0. The van der Waals surface area contributed by atoms with Crippen LogP contribution in [0.15, 0.2) is 41.4 Å². The van der Waals surface area contributed by atoms with Gasteiger partial charge < -0.3 is 9.84 Å². The van der Waals surface area contributed by atoms with Crippen molar-refractivity contribution >= 4 is 20.9 Å². The van der Waals surface area contributed by atoms with Crippen molar-refractivity contribution in [3.05, 3.63) is 47.5 Å². The molecule has 0 bridgehead atoms. The van der Waals surface area contributed by atoms with Crippen LogP contribution in [0.3, 0.4) is 0 Å². The number of aryl methyl sites for hydroxylation is 1. The molecular weight excluding hydrogens is 615 g/mol. The Bertz CT molecular complexity index is 900. The van der Waals surface area contributed by atoms with E-state index in [4.69, 9.17) is 33.6 Å². The summed E-state index contributed by atoms with van der Waals surface area (Å²) in [6.07, 6.45) is 1.87. The summed E-state index contributed by atoms with van der Waals surface area (Å²) in [4.78, 5) is 13.7. The first kappa shape index (κ1) is 27.2. The van der Waals surface area contributed by atoms with Crippen molar-refractivity contribution in [2.45, 2.75) is 13.8 Å². The molecule has 0 radical (unpaired) electrons. The Morgan fingerprint density at radius 2 is 1.42 bits per heavy atom. The molecule has 0 atom stereocenters. The van der Waals surface area contributed by atoms with Crippen LogP contribution in [0.1, 0.15) is 18.1 Å². The molecule has 0 saturated heterocycles. The second-order valence-electron chi connectivity index (χ2n) is 7.15. The van der Waals surface area contributed by atoms with Gasteiger partial charge >= 0.3 is 164 Å². The van der Waals surface area contributed by atoms with E-state index < -0.39 is 5.97 Å². The zero-order chi connectivity index (χ0) is 23.9. The number of carbonyl (C=O) groups is 1. The molecule has 1 heterocycles. The van der Waals surface area contributed by atoms with E-state index in [1.54, 1.807) is 0 Å². The van der Waals surface area contributed by atoms with Crippen LogP contribution in [0.5, 0.6) is 11.5 Å². The number of benzene rings is 2. The summed E-state index contributed by atoms with van der Waals surface area (Å²) >= 11 is 0.520. The fourth-order valence-electron chi connectivity index (χ4n) is 2.78. The molecule has 0 saturated carbocycles. The van der Waals surface area contributed by atoms with Gasteiger partial charge in [0.15, 0.2) is 0 Å². The Hall–Kier alpha value is -2.00. The van der Waals surface area contributed by atoms with E-state index in [-0.39, 0.29) is 0 Å². The third-order valence-electron chi connectivity index (χ3n) is 4.27. The van der Waals surface area contributed by atoms with E-state index in [1.807, 2.05) is 24.4 Å². The molecule has 0 unspecified atom stereocenters. The molecule has 9 heteroatoms. The van der Waals surface area contributed by atoms with Crippen molar-refractivity contribution in [2.75, 3.05) is 52.9 Å². The number of fused-ring (bicyclic) bond motifs is 1. The molecule has 0 fully saturated rings. The van der Waals surface area contributed by atoms with Crippen LogP contribution in [0.25, 0.3) is 0 Å². The monoisotopic (exact) mass is 646 g/mol. The normalized spacial score (nSPS) is 15.6. The van der Waals surface area contributed by atoms with Crippen LogP contribution in [-0.4, -0.2) is 70.1 Å². The number of carboxylic acids is 1. The molecule has 1 aliphatic heterocycles. The standard InChI is InChI=1S/C22H26NO5.C2H4O2.Hg/c1-18-2-5-20(6-3-18)23-17-19-4-7-21-22(16-19)28-15-13-26-11-9-24-8-10-25-12-14-27-21;1-2(3)4;/h2-5,7,16-17H,8-15H2,1H3;1H3,(H,3,4);. The summed E-state index contributed by atoms with van der Waals surface area (Å²) in [6, 6.07) is 12.2. The average Bonchev–Trinajstić information content (AvgIpc) is 2.77. The Labute approximate surface area is 210 Å². The number of rotatable bonds is 2. The Morgan fingerprint density at radius 1 is 0.879 bits per heavy atom. The van der Waals surface area contributed by atoms with E-state index in [1.165, 1.54) is 8.64 Å². The van der Waals surface area contributed by atoms with Crippen LogP contribution < -0.4 is 12.5 Å². The molecule has 175 valence electrons. The quantitative estimate of drug-likeness (QED) is 0.397. The van der Waals surface area contributed by atoms with E-state index in [0.717, 1.165) is 18.2 Å². The second-order valence-corrected chi connectivity index (χ2v) is 10.1. The average molecular weight is 645 g/mol. The first-order valence-corrected chi connectivity index (χ1v) is 13.5. The number of hydrogen-bond acceptors (Lipinski definition) is 7. The Balaban J connectivity index is 0.000000890. The third kappa shape index (κ3) is 11.6. The van der Waals surface area contributed by atoms with Crippen molar-refractivity contribution in [1.82, 2.24) is 0 Å². The van der Waals surface area contributed by atoms with Gasteiger partial charge in [-0.15, -0.1) is 0 Å². The van der Waals surface area contributed by atoms with Crippen LogP contribution in [0.2, 0.25) is 0 Å². The van der Waals surface area contributed by atoms with Gasteiger partial charge in [0.2, 0.25) is 0 Å². The minimum atomic E-state index is -0.833. The topological polar surface area (TPSA) is 95.8 Å². The van der Waals surface area contributed by atoms with Gasteiger partial charge in [-0.2, -0.15) is 0 Å². The Morgan fingerprint density at radius 3 is 2.00 bits per heavy atom. The van der Waals surface area contributed by atoms with Crippen LogP contribution in [-0.2, 0) is 45.1 Å².